The first kappa shape index (κ1) is 13.4. The Kier molecular flexibility index (Phi) is 3.88. The highest BCUT2D eigenvalue weighted by atomic mass is 35.5. The lowest BCUT2D eigenvalue weighted by Crippen LogP contribution is -2.04. The van der Waals surface area contributed by atoms with Crippen molar-refractivity contribution in [2.75, 3.05) is 5.73 Å². The van der Waals surface area contributed by atoms with Crippen LogP contribution in [0.25, 0.3) is 11.3 Å². The van der Waals surface area contributed by atoms with E-state index in [1.807, 2.05) is 6.07 Å². The van der Waals surface area contributed by atoms with Gasteiger partial charge in [-0.15, -0.1) is 0 Å². The van der Waals surface area contributed by atoms with Gasteiger partial charge in [0, 0.05) is 11.6 Å². The molecule has 0 saturated heterocycles. The van der Waals surface area contributed by atoms with Gasteiger partial charge in [0.1, 0.15) is 5.15 Å². The third kappa shape index (κ3) is 2.93. The van der Waals surface area contributed by atoms with E-state index in [0.717, 1.165) is 11.3 Å². The van der Waals surface area contributed by atoms with Crippen LogP contribution in [0.1, 0.15) is 43.6 Å². The van der Waals surface area contributed by atoms with Crippen LogP contribution >= 0.6 is 11.6 Å². The van der Waals surface area contributed by atoms with E-state index in [0.29, 0.717) is 11.1 Å². The zero-order chi connectivity index (χ0) is 13.9. The molecule has 1 aromatic carbocycles. The van der Waals surface area contributed by atoms with E-state index < -0.39 is 0 Å². The molecule has 1 aromatic heterocycles. The number of halogens is 1. The molecule has 104 valence electrons. The summed E-state index contributed by atoms with van der Waals surface area (Å²) in [5.41, 5.74) is 8.92. The molecule has 1 fully saturated rings. The van der Waals surface area contributed by atoms with Crippen molar-refractivity contribution >= 4 is 17.5 Å². The lowest BCUT2D eigenvalue weighted by Gasteiger charge is -2.22. The molecule has 0 radical (unpaired) electrons. The highest BCUT2D eigenvalue weighted by molar-refractivity contribution is 6.29. The molecular formula is C16H18ClN3. The highest BCUT2D eigenvalue weighted by Gasteiger charge is 2.16. The molecule has 0 bridgehead atoms. The lowest BCUT2D eigenvalue weighted by molar-refractivity contribution is 0.443. The molecular weight excluding hydrogens is 270 g/mol. The maximum Gasteiger partial charge on any atom is 0.221 e. The summed E-state index contributed by atoms with van der Waals surface area (Å²) in [5.74, 6) is 0.897. The van der Waals surface area contributed by atoms with E-state index in [4.69, 9.17) is 17.3 Å². The Bertz CT molecular complexity index is 586. The van der Waals surface area contributed by atoms with E-state index in [1.165, 1.54) is 37.7 Å². The Morgan fingerprint density at radius 1 is 1.05 bits per heavy atom. The van der Waals surface area contributed by atoms with Crippen molar-refractivity contribution in [3.05, 3.63) is 41.0 Å². The summed E-state index contributed by atoms with van der Waals surface area (Å²) in [4.78, 5) is 8.18. The summed E-state index contributed by atoms with van der Waals surface area (Å²) in [7, 11) is 0. The van der Waals surface area contributed by atoms with Gasteiger partial charge in [-0.2, -0.15) is 0 Å². The van der Waals surface area contributed by atoms with Crippen molar-refractivity contribution in [1.29, 1.82) is 0 Å². The van der Waals surface area contributed by atoms with Gasteiger partial charge >= 0.3 is 0 Å². The second-order valence-electron chi connectivity index (χ2n) is 5.39. The highest BCUT2D eigenvalue weighted by Crippen LogP contribution is 2.34. The molecule has 20 heavy (non-hydrogen) atoms. The van der Waals surface area contributed by atoms with E-state index in [2.05, 4.69) is 28.2 Å². The predicted octanol–water partition coefficient (Wildman–Crippen LogP) is 4.43. The Morgan fingerprint density at radius 2 is 1.85 bits per heavy atom. The molecule has 2 N–H and O–H groups in total. The molecule has 0 amide bonds. The number of hydrogen-bond acceptors (Lipinski definition) is 3. The van der Waals surface area contributed by atoms with Gasteiger partial charge < -0.3 is 5.73 Å². The van der Waals surface area contributed by atoms with Crippen LogP contribution in [0.15, 0.2) is 30.3 Å². The summed E-state index contributed by atoms with van der Waals surface area (Å²) in [5, 5.41) is 0.385. The second-order valence-corrected chi connectivity index (χ2v) is 5.78. The second kappa shape index (κ2) is 5.80. The van der Waals surface area contributed by atoms with Crippen molar-refractivity contribution < 1.29 is 0 Å². The van der Waals surface area contributed by atoms with Crippen LogP contribution in [0, 0.1) is 0 Å². The van der Waals surface area contributed by atoms with Crippen molar-refractivity contribution in [1.82, 2.24) is 9.97 Å². The lowest BCUT2D eigenvalue weighted by atomic mass is 9.83. The zero-order valence-electron chi connectivity index (χ0n) is 11.3. The minimum absolute atomic E-state index is 0.218. The average molecular weight is 288 g/mol. The fourth-order valence-corrected chi connectivity index (χ4v) is 3.16. The number of nitrogens with zero attached hydrogens (tertiary/aromatic N) is 2. The van der Waals surface area contributed by atoms with Crippen LogP contribution in [0.5, 0.6) is 0 Å². The molecule has 1 aliphatic rings. The number of rotatable bonds is 2. The first-order valence-electron chi connectivity index (χ1n) is 7.13. The zero-order valence-corrected chi connectivity index (χ0v) is 12.1. The molecule has 0 aliphatic heterocycles. The fourth-order valence-electron chi connectivity index (χ4n) is 2.97. The van der Waals surface area contributed by atoms with Crippen molar-refractivity contribution in [2.24, 2.45) is 0 Å². The van der Waals surface area contributed by atoms with Crippen molar-refractivity contribution in [3.8, 4) is 11.3 Å². The van der Waals surface area contributed by atoms with Gasteiger partial charge in [0.15, 0.2) is 0 Å². The van der Waals surface area contributed by atoms with Crippen LogP contribution in [0.4, 0.5) is 5.95 Å². The van der Waals surface area contributed by atoms with E-state index in [1.54, 1.807) is 6.07 Å². The summed E-state index contributed by atoms with van der Waals surface area (Å²) in [6, 6.07) is 10.3. The first-order valence-corrected chi connectivity index (χ1v) is 7.50. The van der Waals surface area contributed by atoms with Crippen molar-refractivity contribution in [3.63, 3.8) is 0 Å². The van der Waals surface area contributed by atoms with Crippen LogP contribution in [0.3, 0.4) is 0 Å². The number of hydrogen-bond donors (Lipinski definition) is 1. The molecule has 2 aromatic rings. The van der Waals surface area contributed by atoms with Crippen LogP contribution < -0.4 is 5.73 Å². The van der Waals surface area contributed by atoms with Crippen LogP contribution in [-0.4, -0.2) is 9.97 Å². The summed E-state index contributed by atoms with van der Waals surface area (Å²) < 4.78 is 0. The monoisotopic (exact) mass is 287 g/mol. The quantitative estimate of drug-likeness (QED) is 0.832. The summed E-state index contributed by atoms with van der Waals surface area (Å²) in [6.07, 6.45) is 6.61. The van der Waals surface area contributed by atoms with Gasteiger partial charge in [-0.05, 0) is 30.4 Å². The summed E-state index contributed by atoms with van der Waals surface area (Å²) >= 11 is 5.96. The van der Waals surface area contributed by atoms with Crippen molar-refractivity contribution in [2.45, 2.75) is 38.0 Å². The number of anilines is 1. The molecule has 4 heteroatoms. The van der Waals surface area contributed by atoms with Gasteiger partial charge in [0.05, 0.1) is 5.69 Å². The standard InChI is InChI=1S/C16H18ClN3/c17-15-10-14(19-16(18)20-15)13-8-4-7-12(9-13)11-5-2-1-3-6-11/h4,7-11H,1-3,5-6H2,(H2,18,19,20). The molecule has 0 spiro atoms. The third-order valence-electron chi connectivity index (χ3n) is 3.97. The predicted molar refractivity (Wildman–Crippen MR) is 82.7 cm³/mol. The Morgan fingerprint density at radius 3 is 2.60 bits per heavy atom. The molecule has 0 unspecified atom stereocenters. The number of nitrogen functional groups attached to an aromatic ring is 1. The minimum Gasteiger partial charge on any atom is -0.368 e. The maximum absolute atomic E-state index is 5.96. The SMILES string of the molecule is Nc1nc(Cl)cc(-c2cccc(C3CCCCC3)c2)n1. The van der Waals surface area contributed by atoms with E-state index in [-0.39, 0.29) is 5.95 Å². The summed E-state index contributed by atoms with van der Waals surface area (Å²) in [6.45, 7) is 0. The average Bonchev–Trinajstić information content (AvgIpc) is 2.47. The molecule has 3 rings (SSSR count). The first-order chi connectivity index (χ1) is 9.72. The molecule has 1 saturated carbocycles. The number of benzene rings is 1. The Labute approximate surface area is 124 Å². The normalized spacial score (nSPS) is 16.2. The van der Waals surface area contributed by atoms with E-state index in [9.17, 15) is 0 Å². The molecule has 3 nitrogen and oxygen atoms in total. The number of nitrogens with two attached hydrogens (primary N) is 1. The van der Waals surface area contributed by atoms with Crippen LogP contribution in [0.2, 0.25) is 5.15 Å². The molecule has 1 aliphatic carbocycles. The van der Waals surface area contributed by atoms with Crippen LogP contribution in [-0.2, 0) is 0 Å². The van der Waals surface area contributed by atoms with Gasteiger partial charge in [0.25, 0.3) is 0 Å². The topological polar surface area (TPSA) is 51.8 Å². The van der Waals surface area contributed by atoms with Gasteiger partial charge in [-0.1, -0.05) is 49.1 Å². The van der Waals surface area contributed by atoms with Gasteiger partial charge in [-0.25, -0.2) is 9.97 Å². The fraction of sp³-hybridized carbons (Fsp3) is 0.375. The maximum atomic E-state index is 5.96. The Balaban J connectivity index is 1.93. The number of aromatic nitrogens is 2. The largest absolute Gasteiger partial charge is 0.368 e. The minimum atomic E-state index is 0.218. The third-order valence-corrected chi connectivity index (χ3v) is 4.16. The smallest absolute Gasteiger partial charge is 0.221 e. The molecule has 1 heterocycles. The van der Waals surface area contributed by atoms with Gasteiger partial charge in [-0.3, -0.25) is 0 Å². The van der Waals surface area contributed by atoms with Gasteiger partial charge in [0.2, 0.25) is 5.95 Å². The van der Waals surface area contributed by atoms with E-state index >= 15 is 0 Å². The Hall–Kier alpha value is -1.61. The molecule has 0 atom stereocenters.